The fourth-order valence-corrected chi connectivity index (χ4v) is 3.09. The van der Waals surface area contributed by atoms with Gasteiger partial charge in [0.05, 0.1) is 18.8 Å². The first-order valence-electron chi connectivity index (χ1n) is 7.81. The molecule has 22 heavy (non-hydrogen) atoms. The van der Waals surface area contributed by atoms with E-state index < -0.39 is 24.7 Å². The molecule has 5 nitrogen and oxygen atoms in total. The maximum atomic E-state index is 12.2. The van der Waals surface area contributed by atoms with Crippen LogP contribution in [0.1, 0.15) is 19.8 Å². The summed E-state index contributed by atoms with van der Waals surface area (Å²) >= 11 is 0. The average Bonchev–Trinajstić information content (AvgIpc) is 2.92. The smallest absolute Gasteiger partial charge is 0.374 e. The summed E-state index contributed by atoms with van der Waals surface area (Å²) in [6.07, 6.45) is -2.92. The quantitative estimate of drug-likeness (QED) is 0.815. The van der Waals surface area contributed by atoms with Gasteiger partial charge in [0.15, 0.2) is 0 Å². The zero-order chi connectivity index (χ0) is 16.2. The number of carbonyl (C=O) groups excluding carboxylic acids is 1. The van der Waals surface area contributed by atoms with Crippen LogP contribution in [0.5, 0.6) is 0 Å². The first-order chi connectivity index (χ1) is 10.4. The highest BCUT2D eigenvalue weighted by atomic mass is 19.4. The lowest BCUT2D eigenvalue weighted by molar-refractivity contribution is -0.141. The Labute approximate surface area is 128 Å². The topological polar surface area (TPSA) is 44.8 Å². The molecule has 0 bridgehead atoms. The van der Waals surface area contributed by atoms with Crippen molar-refractivity contribution in [2.24, 2.45) is 0 Å². The number of hydrogen-bond donors (Lipinski definition) is 1. The molecule has 2 heterocycles. The molecule has 2 saturated heterocycles. The number of hydrogen-bond acceptors (Lipinski definition) is 4. The van der Waals surface area contributed by atoms with E-state index in [-0.39, 0.29) is 6.10 Å². The van der Waals surface area contributed by atoms with Crippen LogP contribution in [0.25, 0.3) is 0 Å². The van der Waals surface area contributed by atoms with Crippen molar-refractivity contribution in [2.45, 2.75) is 38.1 Å². The first-order valence-corrected chi connectivity index (χ1v) is 7.81. The van der Waals surface area contributed by atoms with Crippen LogP contribution in [0.3, 0.4) is 0 Å². The number of ether oxygens (including phenoxy) is 1. The van der Waals surface area contributed by atoms with E-state index in [1.807, 2.05) is 10.2 Å². The van der Waals surface area contributed by atoms with Crippen molar-refractivity contribution in [3.05, 3.63) is 0 Å². The first kappa shape index (κ1) is 17.5. The van der Waals surface area contributed by atoms with Gasteiger partial charge in [0.2, 0.25) is 5.91 Å². The molecule has 2 aliphatic heterocycles. The Morgan fingerprint density at radius 3 is 2.82 bits per heavy atom. The maximum Gasteiger partial charge on any atom is 0.405 e. The molecule has 2 fully saturated rings. The van der Waals surface area contributed by atoms with Crippen LogP contribution >= 0.6 is 0 Å². The molecule has 0 unspecified atom stereocenters. The lowest BCUT2D eigenvalue weighted by Gasteiger charge is -2.35. The van der Waals surface area contributed by atoms with E-state index in [2.05, 4.69) is 11.8 Å². The Hall–Kier alpha value is -0.860. The Morgan fingerprint density at radius 1 is 1.36 bits per heavy atom. The van der Waals surface area contributed by atoms with Crippen molar-refractivity contribution >= 4 is 5.91 Å². The highest BCUT2D eigenvalue weighted by molar-refractivity contribution is 5.82. The van der Waals surface area contributed by atoms with Gasteiger partial charge >= 0.3 is 6.18 Å². The summed E-state index contributed by atoms with van der Waals surface area (Å²) < 4.78 is 42.3. The van der Waals surface area contributed by atoms with Gasteiger partial charge in [-0.25, -0.2) is 0 Å². The molecule has 0 saturated carbocycles. The standard InChI is InChI=1S/C14H24F3N3O2/c1-2-19-6-7-22-11(8-19)9-20-5-3-4-12(20)13(21)18-10-14(15,16)17/h11-12H,2-10H2,1H3,(H,18,21)/t11-,12+/m1/s1. The van der Waals surface area contributed by atoms with Crippen molar-refractivity contribution in [3.8, 4) is 0 Å². The molecule has 0 aromatic heterocycles. The number of rotatable bonds is 5. The number of amides is 1. The summed E-state index contributed by atoms with van der Waals surface area (Å²) in [4.78, 5) is 16.2. The van der Waals surface area contributed by atoms with Crippen LogP contribution < -0.4 is 5.32 Å². The maximum absolute atomic E-state index is 12.2. The number of carbonyl (C=O) groups is 1. The number of nitrogens with zero attached hydrogens (tertiary/aromatic N) is 2. The Morgan fingerprint density at radius 2 is 2.14 bits per heavy atom. The summed E-state index contributed by atoms with van der Waals surface area (Å²) in [5.74, 6) is -0.530. The number of likely N-dealkylation sites (tertiary alicyclic amines) is 1. The largest absolute Gasteiger partial charge is 0.405 e. The molecule has 2 aliphatic rings. The molecule has 2 rings (SSSR count). The Kier molecular flexibility index (Phi) is 6.05. The van der Waals surface area contributed by atoms with Gasteiger partial charge in [-0.2, -0.15) is 13.2 Å². The average molecular weight is 323 g/mol. The normalized spacial score (nSPS) is 28.0. The zero-order valence-electron chi connectivity index (χ0n) is 12.9. The third-order valence-electron chi connectivity index (χ3n) is 4.24. The van der Waals surface area contributed by atoms with E-state index in [0.717, 1.165) is 32.6 Å². The third kappa shape index (κ3) is 5.10. The van der Waals surface area contributed by atoms with Crippen molar-refractivity contribution in [2.75, 3.05) is 45.9 Å². The summed E-state index contributed by atoms with van der Waals surface area (Å²) in [7, 11) is 0. The molecule has 1 amide bonds. The molecule has 0 radical (unpaired) electrons. The highest BCUT2D eigenvalue weighted by Crippen LogP contribution is 2.20. The molecule has 0 aromatic rings. The number of morpholine rings is 1. The predicted molar refractivity (Wildman–Crippen MR) is 75.5 cm³/mol. The second-order valence-corrected chi connectivity index (χ2v) is 5.87. The van der Waals surface area contributed by atoms with E-state index in [4.69, 9.17) is 4.74 Å². The molecule has 1 N–H and O–H groups in total. The van der Waals surface area contributed by atoms with Crippen LogP contribution in [-0.2, 0) is 9.53 Å². The van der Waals surface area contributed by atoms with Gasteiger partial charge < -0.3 is 10.1 Å². The van der Waals surface area contributed by atoms with E-state index in [1.165, 1.54) is 0 Å². The summed E-state index contributed by atoms with van der Waals surface area (Å²) in [5, 5.41) is 1.99. The second-order valence-electron chi connectivity index (χ2n) is 5.87. The van der Waals surface area contributed by atoms with Crippen LogP contribution in [-0.4, -0.2) is 79.9 Å². The molecule has 0 aromatic carbocycles. The molecular formula is C14H24F3N3O2. The Bertz CT molecular complexity index is 379. The monoisotopic (exact) mass is 323 g/mol. The van der Waals surface area contributed by atoms with Gasteiger partial charge in [-0.3, -0.25) is 14.6 Å². The van der Waals surface area contributed by atoms with E-state index >= 15 is 0 Å². The summed E-state index contributed by atoms with van der Waals surface area (Å²) in [6.45, 7) is 5.49. The van der Waals surface area contributed by atoms with Crippen LogP contribution in [0.2, 0.25) is 0 Å². The number of halogens is 3. The minimum absolute atomic E-state index is 0.0183. The van der Waals surface area contributed by atoms with Crippen molar-refractivity contribution in [1.29, 1.82) is 0 Å². The number of nitrogens with one attached hydrogen (secondary N) is 1. The predicted octanol–water partition coefficient (Wildman–Crippen LogP) is 0.850. The molecule has 128 valence electrons. The fraction of sp³-hybridized carbons (Fsp3) is 0.929. The number of likely N-dealkylation sites (N-methyl/N-ethyl adjacent to an activating group) is 1. The van der Waals surface area contributed by atoms with Gasteiger partial charge in [-0.15, -0.1) is 0 Å². The van der Waals surface area contributed by atoms with Gasteiger partial charge in [-0.1, -0.05) is 6.92 Å². The molecule has 8 heteroatoms. The minimum Gasteiger partial charge on any atom is -0.374 e. The molecular weight excluding hydrogens is 299 g/mol. The van der Waals surface area contributed by atoms with Crippen LogP contribution in [0.15, 0.2) is 0 Å². The second kappa shape index (κ2) is 7.61. The summed E-state index contributed by atoms with van der Waals surface area (Å²) in [5.41, 5.74) is 0. The van der Waals surface area contributed by atoms with Crippen LogP contribution in [0.4, 0.5) is 13.2 Å². The van der Waals surface area contributed by atoms with E-state index in [1.54, 1.807) is 0 Å². The van der Waals surface area contributed by atoms with Gasteiger partial charge in [0.1, 0.15) is 6.54 Å². The fourth-order valence-electron chi connectivity index (χ4n) is 3.09. The highest BCUT2D eigenvalue weighted by Gasteiger charge is 2.35. The van der Waals surface area contributed by atoms with Crippen molar-refractivity contribution < 1.29 is 22.7 Å². The summed E-state index contributed by atoms with van der Waals surface area (Å²) in [6, 6.07) is -0.469. The van der Waals surface area contributed by atoms with Gasteiger partial charge in [0.25, 0.3) is 0 Å². The van der Waals surface area contributed by atoms with E-state index in [0.29, 0.717) is 19.6 Å². The molecule has 0 aliphatic carbocycles. The molecule has 2 atom stereocenters. The molecule has 0 spiro atoms. The van der Waals surface area contributed by atoms with Crippen LogP contribution in [0, 0.1) is 0 Å². The SMILES string of the molecule is CCN1CCO[C@@H](CN2CCC[C@H]2C(=O)NCC(F)(F)F)C1. The zero-order valence-corrected chi connectivity index (χ0v) is 12.9. The third-order valence-corrected chi connectivity index (χ3v) is 4.24. The van der Waals surface area contributed by atoms with Crippen molar-refractivity contribution in [3.63, 3.8) is 0 Å². The lowest BCUT2D eigenvalue weighted by Crippen LogP contribution is -2.51. The Balaban J connectivity index is 1.83. The lowest BCUT2D eigenvalue weighted by atomic mass is 10.2. The number of alkyl halides is 3. The van der Waals surface area contributed by atoms with Crippen molar-refractivity contribution in [1.82, 2.24) is 15.1 Å². The minimum atomic E-state index is -4.37. The van der Waals surface area contributed by atoms with Gasteiger partial charge in [-0.05, 0) is 25.9 Å². The van der Waals surface area contributed by atoms with E-state index in [9.17, 15) is 18.0 Å². The van der Waals surface area contributed by atoms with Gasteiger partial charge in [0, 0.05) is 19.6 Å².